The smallest absolute Gasteiger partial charge is 0.421 e. The Bertz CT molecular complexity index is 436. The first-order chi connectivity index (χ1) is 7.10. The molecule has 2 rings (SSSR count). The largest absolute Gasteiger partial charge is 0.452 e. The molecule has 0 aromatic carbocycles. The van der Waals surface area contributed by atoms with Gasteiger partial charge in [0.2, 0.25) is 0 Å². The molecule has 0 radical (unpaired) electrons. The van der Waals surface area contributed by atoms with Gasteiger partial charge in [-0.3, -0.25) is 0 Å². The summed E-state index contributed by atoms with van der Waals surface area (Å²) in [4.78, 5) is 11.4. The molecule has 0 fully saturated rings. The number of rotatable bonds is 1. The summed E-state index contributed by atoms with van der Waals surface area (Å²) < 4.78 is 4.02. The minimum Gasteiger partial charge on any atom is -0.452 e. The van der Waals surface area contributed by atoms with Gasteiger partial charge in [-0.15, -0.1) is 0 Å². The second-order valence-electron chi connectivity index (χ2n) is 3.54. The summed E-state index contributed by atoms with van der Waals surface area (Å²) in [5, 5.41) is 2.96. The minimum absolute atomic E-state index is 0.642. The molecule has 2 aliphatic carbocycles. The van der Waals surface area contributed by atoms with Crippen molar-refractivity contribution in [1.82, 2.24) is 4.84 Å². The van der Waals surface area contributed by atoms with Gasteiger partial charge in [-0.25, -0.2) is 9.63 Å². The predicted octanol–water partition coefficient (Wildman–Crippen LogP) is 2.91. The van der Waals surface area contributed by atoms with E-state index in [1.54, 1.807) is 4.84 Å². The summed E-state index contributed by atoms with van der Waals surface area (Å²) in [6.45, 7) is 4.48. The van der Waals surface area contributed by atoms with Crippen LogP contribution < -0.4 is 4.84 Å². The summed E-state index contributed by atoms with van der Waals surface area (Å²) in [5.41, 5.74) is 1.53. The van der Waals surface area contributed by atoms with E-state index in [1.807, 2.05) is 0 Å². The number of hydrogen-bond donors (Lipinski definition) is 1. The number of benzene rings is 1. The van der Waals surface area contributed by atoms with Gasteiger partial charge in [-0.1, -0.05) is 32.0 Å². The maximum Gasteiger partial charge on any atom is 0.421 e. The quantitative estimate of drug-likeness (QED) is 0.761. The highest BCUT2D eigenvalue weighted by Crippen LogP contribution is 2.23. The molecule has 4 heteroatoms. The van der Waals surface area contributed by atoms with E-state index in [4.69, 9.17) is 11.8 Å². The van der Waals surface area contributed by atoms with Crippen molar-refractivity contribution >= 4 is 17.9 Å². The van der Waals surface area contributed by atoms with Gasteiger partial charge in [0.1, 0.15) is 0 Å². The zero-order valence-electron chi connectivity index (χ0n) is 9.00. The first kappa shape index (κ1) is 11.9. The molecule has 0 spiro atoms. The minimum atomic E-state index is -0.642. The topological polar surface area (TPSA) is 38.3 Å². The van der Waals surface area contributed by atoms with Crippen molar-refractivity contribution < 1.29 is 9.53 Å². The van der Waals surface area contributed by atoms with Crippen LogP contribution in [-0.4, -0.2) is 13.2 Å². The van der Waals surface area contributed by atoms with Crippen LogP contribution in [0.25, 0.3) is 0 Å². The van der Waals surface area contributed by atoms with E-state index >= 15 is 0 Å². The molecule has 0 aromatic heterocycles. The van der Waals surface area contributed by atoms with Crippen molar-refractivity contribution in [2.45, 2.75) is 19.8 Å². The number of nitrogens with one attached hydrogen (secondary N) is 1. The third kappa shape index (κ3) is 2.63. The molecule has 0 saturated carbocycles. The molecular weight excluding hydrogens is 214 g/mol. The Balaban J connectivity index is 0.000000167. The molecule has 0 unspecified atom stereocenters. The van der Waals surface area contributed by atoms with E-state index in [-0.39, 0.29) is 0 Å². The van der Waals surface area contributed by atoms with Crippen LogP contribution >= 0.6 is 11.8 Å². The van der Waals surface area contributed by atoms with E-state index in [9.17, 15) is 4.79 Å². The summed E-state index contributed by atoms with van der Waals surface area (Å²) in [7, 11) is 1.23. The van der Waals surface area contributed by atoms with Crippen LogP contribution in [0.3, 0.4) is 0 Å². The normalized spacial score (nSPS) is 10.2. The lowest BCUT2D eigenvalue weighted by Crippen LogP contribution is -2.10. The Morgan fingerprint density at radius 3 is 2.20 bits per heavy atom. The number of carbonyl (C=O) groups is 1. The zero-order valence-corrected chi connectivity index (χ0v) is 9.76. The van der Waals surface area contributed by atoms with E-state index in [2.05, 4.69) is 36.8 Å². The average Bonchev–Trinajstić information content (AvgIpc) is 2.21. The van der Waals surface area contributed by atoms with Gasteiger partial charge >= 0.3 is 6.09 Å². The standard InChI is InChI=1S/C9H10.C2H4ClNO2/c1-6(2)9-5-7-3-4-8(7)9;1-6-2(5)4-3/h3-6H,1-2H3;1H3,(H,4,5). The Morgan fingerprint density at radius 1 is 1.47 bits per heavy atom. The number of ether oxygens (including phenoxy) is 1. The monoisotopic (exact) mass is 227 g/mol. The lowest BCUT2D eigenvalue weighted by atomic mass is 9.91. The number of amides is 1. The van der Waals surface area contributed by atoms with Gasteiger partial charge in [0.25, 0.3) is 0 Å². The fraction of sp³-hybridized carbons (Fsp3) is 0.364. The van der Waals surface area contributed by atoms with Gasteiger partial charge < -0.3 is 4.74 Å². The van der Waals surface area contributed by atoms with Crippen LogP contribution in [0.4, 0.5) is 4.79 Å². The molecule has 15 heavy (non-hydrogen) atoms. The summed E-state index contributed by atoms with van der Waals surface area (Å²) >= 11 is 4.73. The van der Waals surface area contributed by atoms with E-state index in [0.29, 0.717) is 5.92 Å². The second-order valence-corrected chi connectivity index (χ2v) is 3.73. The third-order valence-electron chi connectivity index (χ3n) is 2.25. The highest BCUT2D eigenvalue weighted by atomic mass is 35.5. The summed E-state index contributed by atoms with van der Waals surface area (Å²) in [6.07, 6.45) is -0.642. The fourth-order valence-electron chi connectivity index (χ4n) is 1.34. The molecule has 0 saturated heterocycles. The maximum absolute atomic E-state index is 9.72. The number of carbonyl (C=O) groups excluding carboxylic acids is 1. The highest BCUT2D eigenvalue weighted by Gasteiger charge is 2.07. The van der Waals surface area contributed by atoms with Crippen molar-refractivity contribution in [2.75, 3.05) is 7.11 Å². The number of halogens is 1. The molecule has 0 atom stereocenters. The predicted molar refractivity (Wildman–Crippen MR) is 59.6 cm³/mol. The lowest BCUT2D eigenvalue weighted by molar-refractivity contribution is 0.178. The van der Waals surface area contributed by atoms with Crippen LogP contribution in [0, 0.1) is 10.4 Å². The van der Waals surface area contributed by atoms with Crippen molar-refractivity contribution in [2.24, 2.45) is 0 Å². The molecule has 0 bridgehead atoms. The van der Waals surface area contributed by atoms with Crippen LogP contribution in [0.2, 0.25) is 0 Å². The molecule has 1 N–H and O–H groups in total. The van der Waals surface area contributed by atoms with Gasteiger partial charge in [-0.05, 0) is 21.9 Å². The third-order valence-corrected chi connectivity index (χ3v) is 2.40. The summed E-state index contributed by atoms with van der Waals surface area (Å²) in [6, 6.07) is 6.64. The highest BCUT2D eigenvalue weighted by molar-refractivity contribution is 6.20. The van der Waals surface area contributed by atoms with Crippen LogP contribution in [0.15, 0.2) is 18.2 Å². The zero-order chi connectivity index (χ0) is 11.4. The molecule has 3 nitrogen and oxygen atoms in total. The first-order valence-corrected chi connectivity index (χ1v) is 5.06. The van der Waals surface area contributed by atoms with Gasteiger partial charge in [0.05, 0.1) is 7.11 Å². The molecule has 0 aliphatic heterocycles. The summed E-state index contributed by atoms with van der Waals surface area (Å²) in [5.74, 6) is 0.716. The van der Waals surface area contributed by atoms with Gasteiger partial charge in [0.15, 0.2) is 0 Å². The Labute approximate surface area is 93.8 Å². The van der Waals surface area contributed by atoms with Crippen molar-refractivity contribution in [3.05, 3.63) is 34.2 Å². The fourth-order valence-corrected chi connectivity index (χ4v) is 1.41. The lowest BCUT2D eigenvalue weighted by Gasteiger charge is -2.13. The van der Waals surface area contributed by atoms with E-state index in [0.717, 1.165) is 0 Å². The van der Waals surface area contributed by atoms with Crippen molar-refractivity contribution in [1.29, 1.82) is 0 Å². The Kier molecular flexibility index (Phi) is 3.97. The molecule has 2 aliphatic rings. The number of hydrogen-bond acceptors (Lipinski definition) is 2. The molecule has 0 heterocycles. The molecule has 1 amide bonds. The first-order valence-electron chi connectivity index (χ1n) is 4.69. The Hall–Kier alpha value is -1.22. The second kappa shape index (κ2) is 5.03. The molecular formula is C11H14ClNO2. The van der Waals surface area contributed by atoms with Crippen LogP contribution in [0.1, 0.15) is 25.3 Å². The van der Waals surface area contributed by atoms with Crippen molar-refractivity contribution in [3.8, 4) is 0 Å². The Morgan fingerprint density at radius 2 is 2.13 bits per heavy atom. The van der Waals surface area contributed by atoms with Crippen LogP contribution in [-0.2, 0) is 4.74 Å². The molecule has 82 valence electrons. The maximum atomic E-state index is 9.72. The van der Waals surface area contributed by atoms with Crippen molar-refractivity contribution in [3.63, 3.8) is 0 Å². The van der Waals surface area contributed by atoms with E-state index in [1.165, 1.54) is 23.1 Å². The number of methoxy groups -OCH3 is 1. The molecule has 0 aromatic rings. The van der Waals surface area contributed by atoms with Gasteiger partial charge in [-0.2, -0.15) is 0 Å². The van der Waals surface area contributed by atoms with Gasteiger partial charge in [0, 0.05) is 11.8 Å². The SMILES string of the molecule is CC(C)c1cc2ccc1=2.COC(=O)NCl. The van der Waals surface area contributed by atoms with E-state index < -0.39 is 6.09 Å². The average molecular weight is 228 g/mol. The van der Waals surface area contributed by atoms with Crippen LogP contribution in [0.5, 0.6) is 0 Å².